The lowest BCUT2D eigenvalue weighted by molar-refractivity contribution is -0.142. The third-order valence-corrected chi connectivity index (χ3v) is 3.58. The number of benzene rings is 1. The Bertz CT molecular complexity index is 357. The first kappa shape index (κ1) is 13.0. The number of esters is 1. The number of ether oxygens (including phenoxy) is 1. The van der Waals surface area contributed by atoms with Crippen LogP contribution >= 0.6 is 45.2 Å². The van der Waals surface area contributed by atoms with Gasteiger partial charge in [-0.15, -0.1) is 0 Å². The number of nitrogen functional groups attached to an aromatic ring is 1. The molecule has 0 aliphatic carbocycles. The van der Waals surface area contributed by atoms with Gasteiger partial charge in [0, 0.05) is 7.14 Å². The molecule has 1 aromatic carbocycles. The molecule has 0 radical (unpaired) electrons. The van der Waals surface area contributed by atoms with E-state index in [0.717, 1.165) is 18.4 Å². The normalized spacial score (nSPS) is 10.1. The highest BCUT2D eigenvalue weighted by atomic mass is 127. The summed E-state index contributed by atoms with van der Waals surface area (Å²) in [5, 5.41) is 0. The van der Waals surface area contributed by atoms with Crippen LogP contribution < -0.4 is 5.73 Å². The molecule has 0 saturated heterocycles. The molecule has 1 aromatic rings. The van der Waals surface area contributed by atoms with Crippen molar-refractivity contribution in [2.45, 2.75) is 13.3 Å². The standard InChI is InChI=1S/C10H11I2NO2/c1-2-15-9(14)5-6-3-7(11)10(13)8(12)4-6/h3-4H,2,5,13H2,1H3. The molecule has 0 aliphatic rings. The van der Waals surface area contributed by atoms with Gasteiger partial charge in [-0.05, 0) is 69.8 Å². The number of nitrogens with two attached hydrogens (primary N) is 1. The molecule has 0 heterocycles. The molecule has 0 atom stereocenters. The Kier molecular flexibility index (Phi) is 5.10. The van der Waals surface area contributed by atoms with Gasteiger partial charge in [-0.2, -0.15) is 0 Å². The maximum Gasteiger partial charge on any atom is 0.310 e. The topological polar surface area (TPSA) is 52.3 Å². The lowest BCUT2D eigenvalue weighted by Crippen LogP contribution is -2.08. The van der Waals surface area contributed by atoms with E-state index in [0.29, 0.717) is 13.0 Å². The van der Waals surface area contributed by atoms with Crippen LogP contribution in [-0.2, 0) is 16.0 Å². The Morgan fingerprint density at radius 2 is 1.93 bits per heavy atom. The Hall–Kier alpha value is -0.0500. The van der Waals surface area contributed by atoms with Gasteiger partial charge < -0.3 is 10.5 Å². The van der Waals surface area contributed by atoms with Crippen LogP contribution in [0.4, 0.5) is 5.69 Å². The highest BCUT2D eigenvalue weighted by Gasteiger charge is 2.08. The molecule has 2 N–H and O–H groups in total. The van der Waals surface area contributed by atoms with Crippen LogP contribution in [0.2, 0.25) is 0 Å². The minimum atomic E-state index is -0.200. The van der Waals surface area contributed by atoms with Gasteiger partial charge in [-0.25, -0.2) is 0 Å². The lowest BCUT2D eigenvalue weighted by Gasteiger charge is -2.06. The van der Waals surface area contributed by atoms with Crippen molar-refractivity contribution in [3.05, 3.63) is 24.8 Å². The van der Waals surface area contributed by atoms with Crippen molar-refractivity contribution in [3.63, 3.8) is 0 Å². The zero-order valence-electron chi connectivity index (χ0n) is 8.22. The minimum Gasteiger partial charge on any atom is -0.466 e. The van der Waals surface area contributed by atoms with Gasteiger partial charge in [0.15, 0.2) is 0 Å². The van der Waals surface area contributed by atoms with Crippen molar-refractivity contribution in [2.24, 2.45) is 0 Å². The Morgan fingerprint density at radius 3 is 2.40 bits per heavy atom. The van der Waals surface area contributed by atoms with Gasteiger partial charge in [0.2, 0.25) is 0 Å². The molecular formula is C10H11I2NO2. The monoisotopic (exact) mass is 431 g/mol. The molecule has 3 nitrogen and oxygen atoms in total. The zero-order valence-corrected chi connectivity index (χ0v) is 12.5. The summed E-state index contributed by atoms with van der Waals surface area (Å²) in [5.41, 5.74) is 7.52. The van der Waals surface area contributed by atoms with E-state index in [4.69, 9.17) is 10.5 Å². The van der Waals surface area contributed by atoms with Crippen molar-refractivity contribution >= 4 is 56.8 Å². The van der Waals surface area contributed by atoms with E-state index in [-0.39, 0.29) is 5.97 Å². The number of carbonyl (C=O) groups is 1. The van der Waals surface area contributed by atoms with E-state index in [1.54, 1.807) is 6.92 Å². The number of rotatable bonds is 3. The molecule has 0 saturated carbocycles. The molecule has 0 fully saturated rings. The fourth-order valence-electron chi connectivity index (χ4n) is 1.12. The van der Waals surface area contributed by atoms with E-state index in [2.05, 4.69) is 45.2 Å². The van der Waals surface area contributed by atoms with Crippen LogP contribution in [0.1, 0.15) is 12.5 Å². The molecule has 15 heavy (non-hydrogen) atoms. The van der Waals surface area contributed by atoms with Crippen LogP contribution in [0, 0.1) is 7.14 Å². The quantitative estimate of drug-likeness (QED) is 0.455. The lowest BCUT2D eigenvalue weighted by atomic mass is 10.1. The van der Waals surface area contributed by atoms with Gasteiger partial charge in [0.25, 0.3) is 0 Å². The molecule has 1 rings (SSSR count). The highest BCUT2D eigenvalue weighted by molar-refractivity contribution is 14.1. The molecule has 0 amide bonds. The smallest absolute Gasteiger partial charge is 0.310 e. The van der Waals surface area contributed by atoms with E-state index in [1.165, 1.54) is 0 Å². The molecule has 82 valence electrons. The van der Waals surface area contributed by atoms with E-state index >= 15 is 0 Å². The minimum absolute atomic E-state index is 0.200. The maximum absolute atomic E-state index is 11.3. The molecule has 0 aromatic heterocycles. The Morgan fingerprint density at radius 1 is 1.40 bits per heavy atom. The van der Waals surface area contributed by atoms with Crippen LogP contribution in [-0.4, -0.2) is 12.6 Å². The van der Waals surface area contributed by atoms with Crippen LogP contribution in [0.25, 0.3) is 0 Å². The van der Waals surface area contributed by atoms with Gasteiger partial charge in [-0.3, -0.25) is 4.79 Å². The van der Waals surface area contributed by atoms with Crippen LogP contribution in [0.15, 0.2) is 12.1 Å². The average molecular weight is 431 g/mol. The molecular weight excluding hydrogens is 420 g/mol. The first-order valence-corrected chi connectivity index (χ1v) is 6.59. The summed E-state index contributed by atoms with van der Waals surface area (Å²) in [6.45, 7) is 2.22. The maximum atomic E-state index is 11.3. The molecule has 0 unspecified atom stereocenters. The molecule has 5 heteroatoms. The summed E-state index contributed by atoms with van der Waals surface area (Å²) < 4.78 is 6.82. The summed E-state index contributed by atoms with van der Waals surface area (Å²) in [7, 11) is 0. The average Bonchev–Trinajstić information content (AvgIpc) is 2.14. The SMILES string of the molecule is CCOC(=O)Cc1cc(I)c(N)c(I)c1. The zero-order chi connectivity index (χ0) is 11.4. The molecule has 0 bridgehead atoms. The largest absolute Gasteiger partial charge is 0.466 e. The number of hydrogen-bond donors (Lipinski definition) is 1. The van der Waals surface area contributed by atoms with Crippen molar-refractivity contribution in [1.29, 1.82) is 0 Å². The first-order valence-electron chi connectivity index (χ1n) is 4.43. The predicted molar refractivity (Wildman–Crippen MR) is 76.6 cm³/mol. The van der Waals surface area contributed by atoms with Gasteiger partial charge in [0.05, 0.1) is 18.7 Å². The van der Waals surface area contributed by atoms with Crippen molar-refractivity contribution < 1.29 is 9.53 Å². The van der Waals surface area contributed by atoms with Crippen molar-refractivity contribution in [3.8, 4) is 0 Å². The second-order valence-electron chi connectivity index (χ2n) is 2.95. The summed E-state index contributed by atoms with van der Waals surface area (Å²) in [4.78, 5) is 11.3. The third-order valence-electron chi connectivity index (χ3n) is 1.79. The van der Waals surface area contributed by atoms with E-state index < -0.39 is 0 Å². The van der Waals surface area contributed by atoms with Gasteiger partial charge in [0.1, 0.15) is 0 Å². The highest BCUT2D eigenvalue weighted by Crippen LogP contribution is 2.23. The summed E-state index contributed by atoms with van der Waals surface area (Å²) in [5.74, 6) is -0.200. The van der Waals surface area contributed by atoms with Gasteiger partial charge in [-0.1, -0.05) is 0 Å². The van der Waals surface area contributed by atoms with Crippen LogP contribution in [0.5, 0.6) is 0 Å². The Balaban J connectivity index is 2.83. The first-order chi connectivity index (χ1) is 7.04. The van der Waals surface area contributed by atoms with Crippen LogP contribution in [0.3, 0.4) is 0 Å². The van der Waals surface area contributed by atoms with E-state index in [1.807, 2.05) is 12.1 Å². The van der Waals surface area contributed by atoms with E-state index in [9.17, 15) is 4.79 Å². The summed E-state index contributed by atoms with van der Waals surface area (Å²) in [6.07, 6.45) is 0.306. The predicted octanol–water partition coefficient (Wildman–Crippen LogP) is 2.58. The number of halogens is 2. The van der Waals surface area contributed by atoms with Crippen molar-refractivity contribution in [2.75, 3.05) is 12.3 Å². The summed E-state index contributed by atoms with van der Waals surface area (Å²) >= 11 is 4.32. The molecule has 0 aliphatic heterocycles. The number of anilines is 1. The summed E-state index contributed by atoms with van der Waals surface area (Å²) in [6, 6.07) is 3.82. The second-order valence-corrected chi connectivity index (χ2v) is 5.28. The number of carbonyl (C=O) groups excluding carboxylic acids is 1. The second kappa shape index (κ2) is 5.88. The fraction of sp³-hybridized carbons (Fsp3) is 0.300. The number of hydrogen-bond acceptors (Lipinski definition) is 3. The van der Waals surface area contributed by atoms with Crippen molar-refractivity contribution in [1.82, 2.24) is 0 Å². The third kappa shape index (κ3) is 3.78. The fourth-order valence-corrected chi connectivity index (χ4v) is 3.01. The van der Waals surface area contributed by atoms with Gasteiger partial charge >= 0.3 is 5.97 Å². The molecule has 0 spiro atoms. The Labute approximate surface area is 116 Å².